The molecule has 1 atom stereocenters. The second-order valence-electron chi connectivity index (χ2n) is 4.07. The number of carbonyl (C=O) groups excluding carboxylic acids is 1. The van der Waals surface area contributed by atoms with Crippen LogP contribution < -0.4 is 5.32 Å². The van der Waals surface area contributed by atoms with Crippen LogP contribution in [0.1, 0.15) is 18.5 Å². The molecule has 0 aliphatic heterocycles. The Labute approximate surface area is 111 Å². The molecule has 4 heteroatoms. The monoisotopic (exact) mass is 263 g/mol. The van der Waals surface area contributed by atoms with E-state index in [-0.39, 0.29) is 6.04 Å². The van der Waals surface area contributed by atoms with Crippen LogP contribution in [-0.4, -0.2) is 13.2 Å². The predicted octanol–water partition coefficient (Wildman–Crippen LogP) is 3.91. The van der Waals surface area contributed by atoms with Crippen molar-refractivity contribution in [3.63, 3.8) is 0 Å². The standard InChI is InChI=1S/C14H14ClNO2/c1-9(16-14(17)18-2)13-8-11(15)7-10-5-3-4-6-12(10)13/h3-9H,1-2H3,(H,16,17). The van der Waals surface area contributed by atoms with Gasteiger partial charge in [0.25, 0.3) is 0 Å². The van der Waals surface area contributed by atoms with E-state index >= 15 is 0 Å². The van der Waals surface area contributed by atoms with E-state index in [0.29, 0.717) is 5.02 Å². The van der Waals surface area contributed by atoms with Crippen molar-refractivity contribution in [1.29, 1.82) is 0 Å². The number of hydrogen-bond donors (Lipinski definition) is 1. The maximum atomic E-state index is 11.3. The average Bonchev–Trinajstić information content (AvgIpc) is 2.37. The van der Waals surface area contributed by atoms with Crippen LogP contribution in [0, 0.1) is 0 Å². The first-order valence-electron chi connectivity index (χ1n) is 5.64. The number of methoxy groups -OCH3 is 1. The van der Waals surface area contributed by atoms with Crippen LogP contribution in [0.15, 0.2) is 36.4 Å². The van der Waals surface area contributed by atoms with E-state index in [2.05, 4.69) is 10.1 Å². The lowest BCUT2D eigenvalue weighted by molar-refractivity contribution is 0.167. The molecule has 0 radical (unpaired) electrons. The molecular formula is C14H14ClNO2. The zero-order chi connectivity index (χ0) is 13.1. The third-order valence-corrected chi connectivity index (χ3v) is 3.06. The average molecular weight is 264 g/mol. The van der Waals surface area contributed by atoms with Crippen molar-refractivity contribution in [3.8, 4) is 0 Å². The highest BCUT2D eigenvalue weighted by molar-refractivity contribution is 6.31. The Bertz CT molecular complexity index is 583. The summed E-state index contributed by atoms with van der Waals surface area (Å²) in [7, 11) is 1.35. The Hall–Kier alpha value is -1.74. The highest BCUT2D eigenvalue weighted by Crippen LogP contribution is 2.28. The largest absolute Gasteiger partial charge is 0.453 e. The summed E-state index contributed by atoms with van der Waals surface area (Å²) in [6, 6.07) is 11.5. The van der Waals surface area contributed by atoms with Gasteiger partial charge < -0.3 is 10.1 Å². The van der Waals surface area contributed by atoms with Crippen molar-refractivity contribution in [3.05, 3.63) is 47.0 Å². The molecule has 1 unspecified atom stereocenters. The number of rotatable bonds is 2. The third-order valence-electron chi connectivity index (χ3n) is 2.84. The van der Waals surface area contributed by atoms with E-state index in [1.807, 2.05) is 43.3 Å². The van der Waals surface area contributed by atoms with E-state index in [9.17, 15) is 4.79 Å². The van der Waals surface area contributed by atoms with Gasteiger partial charge in [-0.05, 0) is 35.4 Å². The molecule has 0 spiro atoms. The third kappa shape index (κ3) is 2.57. The van der Waals surface area contributed by atoms with Gasteiger partial charge in [-0.2, -0.15) is 0 Å². The number of ether oxygens (including phenoxy) is 1. The number of halogens is 1. The van der Waals surface area contributed by atoms with E-state index < -0.39 is 6.09 Å². The van der Waals surface area contributed by atoms with Gasteiger partial charge in [-0.3, -0.25) is 0 Å². The first kappa shape index (κ1) is 12.7. The van der Waals surface area contributed by atoms with E-state index in [0.717, 1.165) is 16.3 Å². The fraction of sp³-hybridized carbons (Fsp3) is 0.214. The minimum atomic E-state index is -0.452. The van der Waals surface area contributed by atoms with Crippen LogP contribution in [0.4, 0.5) is 4.79 Å². The molecule has 2 aromatic rings. The maximum Gasteiger partial charge on any atom is 0.407 e. The van der Waals surface area contributed by atoms with Crippen molar-refractivity contribution >= 4 is 28.5 Å². The summed E-state index contributed by atoms with van der Waals surface area (Å²) >= 11 is 6.09. The van der Waals surface area contributed by atoms with Gasteiger partial charge in [0.1, 0.15) is 0 Å². The normalized spacial score (nSPS) is 12.2. The lowest BCUT2D eigenvalue weighted by Gasteiger charge is -2.16. The van der Waals surface area contributed by atoms with Crippen molar-refractivity contribution in [2.24, 2.45) is 0 Å². The first-order valence-corrected chi connectivity index (χ1v) is 6.02. The van der Waals surface area contributed by atoms with Crippen molar-refractivity contribution < 1.29 is 9.53 Å². The molecule has 94 valence electrons. The molecule has 0 fully saturated rings. The second-order valence-corrected chi connectivity index (χ2v) is 4.51. The Morgan fingerprint density at radius 1 is 1.33 bits per heavy atom. The Morgan fingerprint density at radius 3 is 2.78 bits per heavy atom. The van der Waals surface area contributed by atoms with E-state index in [4.69, 9.17) is 11.6 Å². The molecule has 0 aliphatic carbocycles. The van der Waals surface area contributed by atoms with Gasteiger partial charge in [0.2, 0.25) is 0 Å². The fourth-order valence-corrected chi connectivity index (χ4v) is 2.21. The number of amides is 1. The van der Waals surface area contributed by atoms with Gasteiger partial charge >= 0.3 is 6.09 Å². The summed E-state index contributed by atoms with van der Waals surface area (Å²) < 4.78 is 4.60. The molecule has 3 nitrogen and oxygen atoms in total. The highest BCUT2D eigenvalue weighted by atomic mass is 35.5. The Kier molecular flexibility index (Phi) is 3.72. The number of carbonyl (C=O) groups is 1. The molecule has 1 N–H and O–H groups in total. The molecule has 18 heavy (non-hydrogen) atoms. The molecule has 0 heterocycles. The highest BCUT2D eigenvalue weighted by Gasteiger charge is 2.13. The molecule has 0 aromatic heterocycles. The molecule has 1 amide bonds. The van der Waals surface area contributed by atoms with E-state index in [1.165, 1.54) is 7.11 Å². The number of alkyl carbamates (subject to hydrolysis) is 1. The zero-order valence-corrected chi connectivity index (χ0v) is 11.0. The van der Waals surface area contributed by atoms with Crippen molar-refractivity contribution in [2.45, 2.75) is 13.0 Å². The topological polar surface area (TPSA) is 38.3 Å². The van der Waals surface area contributed by atoms with Gasteiger partial charge in [0, 0.05) is 5.02 Å². The first-order chi connectivity index (χ1) is 8.61. The SMILES string of the molecule is COC(=O)NC(C)c1cc(Cl)cc2ccccc12. The molecule has 2 rings (SSSR count). The van der Waals surface area contributed by atoms with Gasteiger partial charge in [-0.1, -0.05) is 35.9 Å². The number of nitrogens with one attached hydrogen (secondary N) is 1. The lowest BCUT2D eigenvalue weighted by atomic mass is 10.00. The number of fused-ring (bicyclic) bond motifs is 1. The van der Waals surface area contributed by atoms with Crippen LogP contribution in [-0.2, 0) is 4.74 Å². The summed E-state index contributed by atoms with van der Waals surface area (Å²) in [5.74, 6) is 0. The van der Waals surface area contributed by atoms with Gasteiger partial charge in [0.15, 0.2) is 0 Å². The van der Waals surface area contributed by atoms with Crippen LogP contribution in [0.3, 0.4) is 0 Å². The molecule has 0 aliphatic rings. The summed E-state index contributed by atoms with van der Waals surface area (Å²) in [5, 5.41) is 5.53. The number of benzene rings is 2. The molecule has 0 saturated carbocycles. The second kappa shape index (κ2) is 5.27. The summed E-state index contributed by atoms with van der Waals surface area (Å²) in [4.78, 5) is 11.3. The molecule has 0 bridgehead atoms. The van der Waals surface area contributed by atoms with Gasteiger partial charge in [-0.15, -0.1) is 0 Å². The maximum absolute atomic E-state index is 11.3. The van der Waals surface area contributed by atoms with E-state index in [1.54, 1.807) is 0 Å². The van der Waals surface area contributed by atoms with Crippen molar-refractivity contribution in [1.82, 2.24) is 5.32 Å². The quantitative estimate of drug-likeness (QED) is 0.892. The molecule has 2 aromatic carbocycles. The minimum absolute atomic E-state index is 0.166. The van der Waals surface area contributed by atoms with Gasteiger partial charge in [0.05, 0.1) is 13.2 Å². The summed E-state index contributed by atoms with van der Waals surface area (Å²) in [6.45, 7) is 1.90. The zero-order valence-electron chi connectivity index (χ0n) is 10.2. The summed E-state index contributed by atoms with van der Waals surface area (Å²) in [5.41, 5.74) is 0.975. The summed E-state index contributed by atoms with van der Waals surface area (Å²) in [6.07, 6.45) is -0.452. The van der Waals surface area contributed by atoms with Crippen LogP contribution >= 0.6 is 11.6 Å². The van der Waals surface area contributed by atoms with Crippen molar-refractivity contribution in [2.75, 3.05) is 7.11 Å². The predicted molar refractivity (Wildman–Crippen MR) is 72.9 cm³/mol. The number of hydrogen-bond acceptors (Lipinski definition) is 2. The molecular weight excluding hydrogens is 250 g/mol. The lowest BCUT2D eigenvalue weighted by Crippen LogP contribution is -2.26. The van der Waals surface area contributed by atoms with Crippen LogP contribution in [0.5, 0.6) is 0 Å². The van der Waals surface area contributed by atoms with Gasteiger partial charge in [-0.25, -0.2) is 4.79 Å². The Morgan fingerprint density at radius 2 is 2.06 bits per heavy atom. The smallest absolute Gasteiger partial charge is 0.407 e. The fourth-order valence-electron chi connectivity index (χ4n) is 1.97. The minimum Gasteiger partial charge on any atom is -0.453 e. The van der Waals surface area contributed by atoms with Crippen LogP contribution in [0.2, 0.25) is 5.02 Å². The van der Waals surface area contributed by atoms with Crippen LogP contribution in [0.25, 0.3) is 10.8 Å². The Balaban J connectivity index is 2.46. The molecule has 0 saturated heterocycles.